The fourth-order valence-electron chi connectivity index (χ4n) is 2.73. The first-order valence-electron chi connectivity index (χ1n) is 8.14. The molecule has 0 aromatic carbocycles. The van der Waals surface area contributed by atoms with Crippen LogP contribution in [0.2, 0.25) is 0 Å². The summed E-state index contributed by atoms with van der Waals surface area (Å²) < 4.78 is 27.2. The molecule has 1 amide bonds. The van der Waals surface area contributed by atoms with Gasteiger partial charge in [-0.05, 0) is 31.9 Å². The van der Waals surface area contributed by atoms with Crippen molar-refractivity contribution < 1.29 is 13.6 Å². The van der Waals surface area contributed by atoms with Crippen LogP contribution in [0.5, 0.6) is 0 Å². The minimum Gasteiger partial charge on any atom is -0.309 e. The molecule has 4 rings (SSSR count). The van der Waals surface area contributed by atoms with E-state index < -0.39 is 12.3 Å². The second kappa shape index (κ2) is 5.94. The predicted octanol–water partition coefficient (Wildman–Crippen LogP) is 3.61. The van der Waals surface area contributed by atoms with Crippen molar-refractivity contribution in [3.8, 4) is 0 Å². The van der Waals surface area contributed by atoms with Crippen molar-refractivity contribution in [2.75, 3.05) is 5.32 Å². The van der Waals surface area contributed by atoms with Gasteiger partial charge >= 0.3 is 0 Å². The maximum Gasteiger partial charge on any atom is 0.264 e. The third-order valence-corrected chi connectivity index (χ3v) is 4.46. The molecule has 0 spiro atoms. The van der Waals surface area contributed by atoms with Gasteiger partial charge in [-0.15, -0.1) is 0 Å². The molecule has 3 aromatic rings. The number of H-pyrrole nitrogens is 1. The number of pyridine rings is 1. The second-order valence-corrected chi connectivity index (χ2v) is 6.39. The average molecular weight is 345 g/mol. The van der Waals surface area contributed by atoms with Gasteiger partial charge in [0.1, 0.15) is 5.65 Å². The Morgan fingerprint density at radius 3 is 2.92 bits per heavy atom. The highest BCUT2D eigenvalue weighted by Gasteiger charge is 2.26. The highest BCUT2D eigenvalue weighted by molar-refractivity contribution is 5.94. The Labute approximate surface area is 142 Å². The standard InChI is InChI=1S/C17H17F2N5O/c1-9(17(25)21-14-7-12(22-23-14)10-2-3-10)13-8-24-5-4-11(16(18)19)6-15(24)20-13/h4-10,16H,2-3H2,1H3,(H2,21,22,23,25)/t9-/m1/s1. The third kappa shape index (κ3) is 3.11. The van der Waals surface area contributed by atoms with Crippen LogP contribution in [0.15, 0.2) is 30.6 Å². The number of imidazole rings is 1. The van der Waals surface area contributed by atoms with Gasteiger partial charge in [0, 0.05) is 35.6 Å². The summed E-state index contributed by atoms with van der Waals surface area (Å²) in [6, 6.07) is 4.52. The Bertz CT molecular complexity index is 928. The number of fused-ring (bicyclic) bond motifs is 1. The molecule has 130 valence electrons. The summed E-state index contributed by atoms with van der Waals surface area (Å²) in [4.78, 5) is 16.7. The van der Waals surface area contributed by atoms with E-state index in [9.17, 15) is 13.6 Å². The molecule has 1 aliphatic rings. The molecule has 8 heteroatoms. The zero-order valence-electron chi connectivity index (χ0n) is 13.5. The zero-order chi connectivity index (χ0) is 17.6. The van der Waals surface area contributed by atoms with E-state index in [0.29, 0.717) is 23.1 Å². The minimum atomic E-state index is -2.55. The second-order valence-electron chi connectivity index (χ2n) is 6.39. The molecule has 0 aliphatic heterocycles. The highest BCUT2D eigenvalue weighted by atomic mass is 19.3. The van der Waals surface area contributed by atoms with Gasteiger partial charge in [0.2, 0.25) is 5.91 Å². The number of aromatic nitrogens is 4. The lowest BCUT2D eigenvalue weighted by molar-refractivity contribution is -0.117. The van der Waals surface area contributed by atoms with E-state index in [-0.39, 0.29) is 11.5 Å². The van der Waals surface area contributed by atoms with Gasteiger partial charge in [-0.1, -0.05) is 0 Å². The zero-order valence-corrected chi connectivity index (χ0v) is 13.5. The van der Waals surface area contributed by atoms with E-state index in [1.165, 1.54) is 18.3 Å². The fraction of sp³-hybridized carbons (Fsp3) is 0.353. The van der Waals surface area contributed by atoms with Crippen LogP contribution < -0.4 is 5.32 Å². The maximum absolute atomic E-state index is 12.8. The van der Waals surface area contributed by atoms with Gasteiger partial charge < -0.3 is 9.72 Å². The van der Waals surface area contributed by atoms with Crippen molar-refractivity contribution in [2.24, 2.45) is 0 Å². The van der Waals surface area contributed by atoms with Crippen LogP contribution in [-0.4, -0.2) is 25.5 Å². The monoisotopic (exact) mass is 345 g/mol. The SMILES string of the molecule is C[C@@H](C(=O)Nc1cc(C2CC2)[nH]n1)c1cn2ccc(C(F)F)cc2n1. The molecule has 2 N–H and O–H groups in total. The number of carbonyl (C=O) groups is 1. The largest absolute Gasteiger partial charge is 0.309 e. The lowest BCUT2D eigenvalue weighted by Gasteiger charge is -2.07. The number of anilines is 1. The van der Waals surface area contributed by atoms with Gasteiger partial charge in [-0.25, -0.2) is 13.8 Å². The summed E-state index contributed by atoms with van der Waals surface area (Å²) in [6.07, 6.45) is 2.94. The van der Waals surface area contributed by atoms with Crippen LogP contribution in [0.25, 0.3) is 5.65 Å². The normalized spacial score (nSPS) is 15.7. The van der Waals surface area contributed by atoms with E-state index in [1.54, 1.807) is 17.5 Å². The topological polar surface area (TPSA) is 75.1 Å². The Balaban J connectivity index is 1.51. The molecule has 25 heavy (non-hydrogen) atoms. The number of hydrogen-bond donors (Lipinski definition) is 2. The number of nitrogens with one attached hydrogen (secondary N) is 2. The maximum atomic E-state index is 12.8. The number of halogens is 2. The van der Waals surface area contributed by atoms with Crippen molar-refractivity contribution in [1.29, 1.82) is 0 Å². The van der Waals surface area contributed by atoms with Gasteiger partial charge in [-0.2, -0.15) is 5.10 Å². The molecule has 3 heterocycles. The number of nitrogens with zero attached hydrogens (tertiary/aromatic N) is 3. The van der Waals surface area contributed by atoms with E-state index in [0.717, 1.165) is 18.5 Å². The lowest BCUT2D eigenvalue weighted by atomic mass is 10.1. The molecule has 1 aliphatic carbocycles. The molecule has 1 fully saturated rings. The summed E-state index contributed by atoms with van der Waals surface area (Å²) in [6.45, 7) is 1.72. The van der Waals surface area contributed by atoms with E-state index in [2.05, 4.69) is 20.5 Å². The molecule has 1 atom stereocenters. The minimum absolute atomic E-state index is 0.0918. The van der Waals surface area contributed by atoms with Gasteiger partial charge in [0.25, 0.3) is 6.43 Å². The summed E-state index contributed by atoms with van der Waals surface area (Å²) in [7, 11) is 0. The average Bonchev–Trinajstić information content (AvgIpc) is 3.18. The molecule has 6 nitrogen and oxygen atoms in total. The van der Waals surface area contributed by atoms with Crippen LogP contribution in [0.4, 0.5) is 14.6 Å². The Morgan fingerprint density at radius 1 is 1.40 bits per heavy atom. The van der Waals surface area contributed by atoms with Crippen LogP contribution in [0, 0.1) is 0 Å². The number of carbonyl (C=O) groups excluding carboxylic acids is 1. The summed E-state index contributed by atoms with van der Waals surface area (Å²) in [5.41, 5.74) is 1.85. The smallest absolute Gasteiger partial charge is 0.264 e. The van der Waals surface area contributed by atoms with Crippen LogP contribution in [0.3, 0.4) is 0 Å². The van der Waals surface area contributed by atoms with E-state index in [1.807, 2.05) is 6.07 Å². The van der Waals surface area contributed by atoms with E-state index in [4.69, 9.17) is 0 Å². The van der Waals surface area contributed by atoms with Gasteiger partial charge in [-0.3, -0.25) is 9.89 Å². The number of hydrogen-bond acceptors (Lipinski definition) is 3. The van der Waals surface area contributed by atoms with Crippen molar-refractivity contribution in [3.63, 3.8) is 0 Å². The van der Waals surface area contributed by atoms with Gasteiger partial charge in [0.05, 0.1) is 11.6 Å². The number of alkyl halides is 2. The van der Waals surface area contributed by atoms with Crippen molar-refractivity contribution in [1.82, 2.24) is 19.6 Å². The molecule has 3 aromatic heterocycles. The third-order valence-electron chi connectivity index (χ3n) is 4.46. The number of amides is 1. The molecule has 1 saturated carbocycles. The first kappa shape index (κ1) is 15.7. The molecule has 0 bridgehead atoms. The molecule has 0 unspecified atom stereocenters. The van der Waals surface area contributed by atoms with Crippen molar-refractivity contribution in [3.05, 3.63) is 47.5 Å². The molecule has 0 radical (unpaired) electrons. The van der Waals surface area contributed by atoms with Crippen molar-refractivity contribution in [2.45, 2.75) is 38.0 Å². The Hall–Kier alpha value is -2.77. The summed E-state index contributed by atoms with van der Waals surface area (Å²) >= 11 is 0. The number of aromatic amines is 1. The van der Waals surface area contributed by atoms with Crippen LogP contribution >= 0.6 is 0 Å². The number of rotatable bonds is 5. The first-order chi connectivity index (χ1) is 12.0. The fourth-order valence-corrected chi connectivity index (χ4v) is 2.73. The van der Waals surface area contributed by atoms with E-state index >= 15 is 0 Å². The molecular formula is C17H17F2N5O. The van der Waals surface area contributed by atoms with Crippen LogP contribution in [0.1, 0.15) is 55.0 Å². The summed E-state index contributed by atoms with van der Waals surface area (Å²) in [5, 5.41) is 9.80. The lowest BCUT2D eigenvalue weighted by Crippen LogP contribution is -2.19. The molecular weight excluding hydrogens is 328 g/mol. The van der Waals surface area contributed by atoms with Crippen molar-refractivity contribution >= 4 is 17.4 Å². The predicted molar refractivity (Wildman–Crippen MR) is 87.8 cm³/mol. The quantitative estimate of drug-likeness (QED) is 0.742. The Kier molecular flexibility index (Phi) is 3.74. The highest BCUT2D eigenvalue weighted by Crippen LogP contribution is 2.39. The van der Waals surface area contributed by atoms with Gasteiger partial charge in [0.15, 0.2) is 5.82 Å². The first-order valence-corrected chi connectivity index (χ1v) is 8.14. The Morgan fingerprint density at radius 2 is 2.20 bits per heavy atom. The summed E-state index contributed by atoms with van der Waals surface area (Å²) in [5.74, 6) is 0.239. The van der Waals surface area contributed by atoms with Crippen LogP contribution in [-0.2, 0) is 4.79 Å². The molecule has 0 saturated heterocycles.